The van der Waals surface area contributed by atoms with Crippen LogP contribution in [-0.4, -0.2) is 36.5 Å². The van der Waals surface area contributed by atoms with Gasteiger partial charge in [0.25, 0.3) is 0 Å². The SMILES string of the molecule is O=C(CC12CC3CC(CC(C3)C1)C2)N1CCC(C2CCCN2)CC1. The Morgan fingerprint density at radius 2 is 1.58 bits per heavy atom. The van der Waals surface area contributed by atoms with Gasteiger partial charge in [0.1, 0.15) is 0 Å². The molecule has 6 rings (SSSR count). The second kappa shape index (κ2) is 6.00. The summed E-state index contributed by atoms with van der Waals surface area (Å²) in [5, 5.41) is 3.67. The van der Waals surface area contributed by atoms with Gasteiger partial charge < -0.3 is 10.2 Å². The summed E-state index contributed by atoms with van der Waals surface area (Å²) < 4.78 is 0. The van der Waals surface area contributed by atoms with Gasteiger partial charge in [-0.2, -0.15) is 0 Å². The molecule has 1 N–H and O–H groups in total. The molecule has 2 heterocycles. The number of carbonyl (C=O) groups excluding carboxylic acids is 1. The molecule has 6 aliphatic rings. The van der Waals surface area contributed by atoms with E-state index in [9.17, 15) is 4.79 Å². The third kappa shape index (κ3) is 2.81. The van der Waals surface area contributed by atoms with Gasteiger partial charge in [0, 0.05) is 25.6 Å². The van der Waals surface area contributed by atoms with E-state index in [4.69, 9.17) is 0 Å². The maximum absolute atomic E-state index is 13.0. The second-order valence-electron chi connectivity index (χ2n) is 10.0. The molecule has 3 heteroatoms. The standard InChI is InChI=1S/C21H34N2O/c24-20(23-6-3-18(4-7-23)19-2-1-5-22-19)14-21-11-15-8-16(12-21)10-17(9-15)13-21/h15-19,22H,1-14H2. The van der Waals surface area contributed by atoms with E-state index >= 15 is 0 Å². The number of hydrogen-bond acceptors (Lipinski definition) is 2. The zero-order chi connectivity index (χ0) is 16.1. The van der Waals surface area contributed by atoms with Gasteiger partial charge >= 0.3 is 0 Å². The molecule has 134 valence electrons. The molecule has 4 aliphatic carbocycles. The normalized spacial score (nSPS) is 45.1. The van der Waals surface area contributed by atoms with E-state index in [0.29, 0.717) is 11.3 Å². The zero-order valence-electron chi connectivity index (χ0n) is 15.1. The first kappa shape index (κ1) is 15.7. The van der Waals surface area contributed by atoms with Gasteiger partial charge in [-0.25, -0.2) is 0 Å². The zero-order valence-corrected chi connectivity index (χ0v) is 15.1. The molecule has 0 spiro atoms. The minimum atomic E-state index is 0.412. The molecule has 2 saturated heterocycles. The van der Waals surface area contributed by atoms with E-state index in [0.717, 1.165) is 49.2 Å². The molecule has 0 aromatic heterocycles. The number of nitrogens with one attached hydrogen (secondary N) is 1. The first-order valence-corrected chi connectivity index (χ1v) is 10.7. The van der Waals surface area contributed by atoms with Crippen LogP contribution in [0.3, 0.4) is 0 Å². The maximum atomic E-state index is 13.0. The third-order valence-electron chi connectivity index (χ3n) is 8.25. The van der Waals surface area contributed by atoms with Crippen molar-refractivity contribution in [2.45, 2.75) is 76.7 Å². The van der Waals surface area contributed by atoms with Gasteiger partial charge in [0.15, 0.2) is 0 Å². The Labute approximate surface area is 146 Å². The summed E-state index contributed by atoms with van der Waals surface area (Å²) in [6.07, 6.45) is 14.6. The molecule has 0 aromatic rings. The second-order valence-corrected chi connectivity index (χ2v) is 10.0. The van der Waals surface area contributed by atoms with Gasteiger partial charge in [0.2, 0.25) is 5.91 Å². The van der Waals surface area contributed by atoms with Crippen molar-refractivity contribution in [3.8, 4) is 0 Å². The number of nitrogens with zero attached hydrogens (tertiary/aromatic N) is 1. The number of rotatable bonds is 3. The number of likely N-dealkylation sites (tertiary alicyclic amines) is 1. The summed E-state index contributed by atoms with van der Waals surface area (Å²) in [5.41, 5.74) is 0.412. The summed E-state index contributed by atoms with van der Waals surface area (Å²) in [4.78, 5) is 15.2. The average Bonchev–Trinajstić information content (AvgIpc) is 3.07. The minimum absolute atomic E-state index is 0.412. The van der Waals surface area contributed by atoms with Crippen LogP contribution in [-0.2, 0) is 4.79 Å². The van der Waals surface area contributed by atoms with E-state index in [1.54, 1.807) is 0 Å². The molecule has 3 nitrogen and oxygen atoms in total. The van der Waals surface area contributed by atoms with Gasteiger partial charge in [-0.05, 0) is 99.8 Å². The van der Waals surface area contributed by atoms with Crippen molar-refractivity contribution in [1.82, 2.24) is 10.2 Å². The van der Waals surface area contributed by atoms with Crippen LogP contribution in [0.4, 0.5) is 0 Å². The lowest BCUT2D eigenvalue weighted by atomic mass is 9.49. The summed E-state index contributed by atoms with van der Waals surface area (Å²) in [5.74, 6) is 4.19. The van der Waals surface area contributed by atoms with Gasteiger partial charge in [-0.1, -0.05) is 0 Å². The topological polar surface area (TPSA) is 32.3 Å². The van der Waals surface area contributed by atoms with Crippen molar-refractivity contribution in [3.63, 3.8) is 0 Å². The van der Waals surface area contributed by atoms with Crippen LogP contribution >= 0.6 is 0 Å². The molecule has 2 aliphatic heterocycles. The summed E-state index contributed by atoms with van der Waals surface area (Å²) in [7, 11) is 0. The summed E-state index contributed by atoms with van der Waals surface area (Å²) in [6.45, 7) is 3.25. The van der Waals surface area contributed by atoms with E-state index in [1.165, 1.54) is 70.8 Å². The fourth-order valence-corrected chi connectivity index (χ4v) is 7.60. The molecule has 1 amide bonds. The Kier molecular flexibility index (Phi) is 3.92. The van der Waals surface area contributed by atoms with Crippen molar-refractivity contribution in [3.05, 3.63) is 0 Å². The molecule has 0 aromatic carbocycles. The highest BCUT2D eigenvalue weighted by molar-refractivity contribution is 5.77. The Morgan fingerprint density at radius 1 is 0.958 bits per heavy atom. The van der Waals surface area contributed by atoms with Gasteiger partial charge in [-0.3, -0.25) is 4.79 Å². The Morgan fingerprint density at radius 3 is 2.12 bits per heavy atom. The fourth-order valence-electron chi connectivity index (χ4n) is 7.60. The Bertz CT molecular complexity index is 453. The van der Waals surface area contributed by atoms with Crippen LogP contribution in [0, 0.1) is 29.1 Å². The van der Waals surface area contributed by atoms with Crippen LogP contribution in [0.15, 0.2) is 0 Å². The third-order valence-corrected chi connectivity index (χ3v) is 8.25. The first-order valence-electron chi connectivity index (χ1n) is 10.7. The Hall–Kier alpha value is -0.570. The first-order chi connectivity index (χ1) is 11.7. The van der Waals surface area contributed by atoms with Crippen molar-refractivity contribution in [2.24, 2.45) is 29.1 Å². The molecule has 1 atom stereocenters. The molecule has 6 fully saturated rings. The number of piperidine rings is 1. The summed E-state index contributed by atoms with van der Waals surface area (Å²) >= 11 is 0. The van der Waals surface area contributed by atoms with E-state index in [-0.39, 0.29) is 0 Å². The molecule has 0 radical (unpaired) electrons. The average molecular weight is 331 g/mol. The fraction of sp³-hybridized carbons (Fsp3) is 0.952. The van der Waals surface area contributed by atoms with Crippen LogP contribution in [0.2, 0.25) is 0 Å². The molecular formula is C21H34N2O. The van der Waals surface area contributed by atoms with Crippen LogP contribution in [0.1, 0.15) is 70.6 Å². The highest BCUT2D eigenvalue weighted by Crippen LogP contribution is 2.61. The lowest BCUT2D eigenvalue weighted by Crippen LogP contribution is -2.49. The van der Waals surface area contributed by atoms with E-state index in [2.05, 4.69) is 10.2 Å². The van der Waals surface area contributed by atoms with Crippen LogP contribution in [0.5, 0.6) is 0 Å². The molecule has 24 heavy (non-hydrogen) atoms. The molecule has 4 saturated carbocycles. The molecular weight excluding hydrogens is 296 g/mol. The van der Waals surface area contributed by atoms with Crippen molar-refractivity contribution >= 4 is 5.91 Å². The summed E-state index contributed by atoms with van der Waals surface area (Å²) in [6, 6.07) is 0.741. The van der Waals surface area contributed by atoms with Crippen molar-refractivity contribution in [2.75, 3.05) is 19.6 Å². The highest BCUT2D eigenvalue weighted by atomic mass is 16.2. The maximum Gasteiger partial charge on any atom is 0.223 e. The predicted octanol–water partition coefficient (Wildman–Crippen LogP) is 3.58. The largest absolute Gasteiger partial charge is 0.343 e. The quantitative estimate of drug-likeness (QED) is 0.858. The van der Waals surface area contributed by atoms with E-state index in [1.807, 2.05) is 0 Å². The Balaban J connectivity index is 1.18. The van der Waals surface area contributed by atoms with Crippen molar-refractivity contribution in [1.29, 1.82) is 0 Å². The van der Waals surface area contributed by atoms with Gasteiger partial charge in [-0.15, -0.1) is 0 Å². The lowest BCUT2D eigenvalue weighted by Gasteiger charge is -2.57. The van der Waals surface area contributed by atoms with Crippen molar-refractivity contribution < 1.29 is 4.79 Å². The number of amides is 1. The molecule has 1 unspecified atom stereocenters. The van der Waals surface area contributed by atoms with Gasteiger partial charge in [0.05, 0.1) is 0 Å². The molecule has 4 bridgehead atoms. The monoisotopic (exact) mass is 330 g/mol. The minimum Gasteiger partial charge on any atom is -0.343 e. The number of carbonyl (C=O) groups is 1. The van der Waals surface area contributed by atoms with E-state index < -0.39 is 0 Å². The predicted molar refractivity (Wildman–Crippen MR) is 95.6 cm³/mol. The lowest BCUT2D eigenvalue weighted by molar-refractivity contribution is -0.141. The van der Waals surface area contributed by atoms with Crippen LogP contribution in [0.25, 0.3) is 0 Å². The van der Waals surface area contributed by atoms with Crippen LogP contribution < -0.4 is 5.32 Å². The number of hydrogen-bond donors (Lipinski definition) is 1. The smallest absolute Gasteiger partial charge is 0.223 e. The highest BCUT2D eigenvalue weighted by Gasteiger charge is 2.51.